The van der Waals surface area contributed by atoms with Gasteiger partial charge in [-0.25, -0.2) is 4.99 Å². The second-order valence-corrected chi connectivity index (χ2v) is 5.99. The zero-order valence-electron chi connectivity index (χ0n) is 13.7. The molecule has 1 aliphatic rings. The summed E-state index contributed by atoms with van der Waals surface area (Å²) in [6, 6.07) is 8.87. The van der Waals surface area contributed by atoms with E-state index < -0.39 is 0 Å². The minimum Gasteiger partial charge on any atom is -0.377 e. The molecule has 22 heavy (non-hydrogen) atoms. The van der Waals surface area contributed by atoms with Crippen molar-refractivity contribution in [2.24, 2.45) is 10.7 Å². The highest BCUT2D eigenvalue weighted by Gasteiger charge is 2.12. The van der Waals surface area contributed by atoms with Crippen LogP contribution in [0.4, 0.5) is 0 Å². The highest BCUT2D eigenvalue weighted by atomic mass is 16.5. The lowest BCUT2D eigenvalue weighted by Gasteiger charge is -2.16. The molecule has 122 valence electrons. The van der Waals surface area contributed by atoms with Gasteiger partial charge >= 0.3 is 0 Å². The Morgan fingerprint density at radius 2 is 1.77 bits per heavy atom. The van der Waals surface area contributed by atoms with Crippen LogP contribution in [-0.4, -0.2) is 18.6 Å². The zero-order chi connectivity index (χ0) is 15.6. The monoisotopic (exact) mass is 303 g/mol. The van der Waals surface area contributed by atoms with Crippen molar-refractivity contribution in [2.75, 3.05) is 6.61 Å². The quantitative estimate of drug-likeness (QED) is 0.481. The van der Waals surface area contributed by atoms with Gasteiger partial charge in [0.2, 0.25) is 0 Å². The molecule has 0 spiro atoms. The van der Waals surface area contributed by atoms with Gasteiger partial charge in [0.1, 0.15) is 0 Å². The standard InChI is InChI=1S/C18H29N3O/c1-2-22-14-16-11-9-15(10-12-16)13-20-18(19)21-17-7-5-3-4-6-8-17/h9-12,17H,2-8,13-14H2,1H3,(H3,19,20,21). The van der Waals surface area contributed by atoms with E-state index in [9.17, 15) is 0 Å². The molecule has 0 bridgehead atoms. The van der Waals surface area contributed by atoms with Gasteiger partial charge in [-0.05, 0) is 30.9 Å². The van der Waals surface area contributed by atoms with Gasteiger partial charge in [0, 0.05) is 12.6 Å². The second kappa shape index (κ2) is 9.46. The summed E-state index contributed by atoms with van der Waals surface area (Å²) >= 11 is 0. The Kier molecular flexibility index (Phi) is 7.23. The number of benzene rings is 1. The maximum Gasteiger partial charge on any atom is 0.189 e. The summed E-state index contributed by atoms with van der Waals surface area (Å²) in [6.45, 7) is 4.05. The molecule has 0 saturated heterocycles. The third-order valence-electron chi connectivity index (χ3n) is 4.13. The molecule has 4 nitrogen and oxygen atoms in total. The van der Waals surface area contributed by atoms with Crippen LogP contribution in [0.5, 0.6) is 0 Å². The van der Waals surface area contributed by atoms with E-state index in [1.165, 1.54) is 49.7 Å². The van der Waals surface area contributed by atoms with E-state index in [1.54, 1.807) is 0 Å². The smallest absolute Gasteiger partial charge is 0.189 e. The van der Waals surface area contributed by atoms with E-state index >= 15 is 0 Å². The first-order chi connectivity index (χ1) is 10.8. The fourth-order valence-corrected chi connectivity index (χ4v) is 2.82. The van der Waals surface area contributed by atoms with Crippen LogP contribution in [0.2, 0.25) is 0 Å². The summed E-state index contributed by atoms with van der Waals surface area (Å²) in [7, 11) is 0. The number of rotatable bonds is 6. The first-order valence-corrected chi connectivity index (χ1v) is 8.50. The van der Waals surface area contributed by atoms with Crippen LogP contribution in [0.15, 0.2) is 29.3 Å². The van der Waals surface area contributed by atoms with Gasteiger partial charge in [0.15, 0.2) is 5.96 Å². The first-order valence-electron chi connectivity index (χ1n) is 8.50. The van der Waals surface area contributed by atoms with E-state index in [4.69, 9.17) is 10.5 Å². The Morgan fingerprint density at radius 1 is 1.14 bits per heavy atom. The predicted octanol–water partition coefficient (Wildman–Crippen LogP) is 3.35. The minimum absolute atomic E-state index is 0.500. The topological polar surface area (TPSA) is 59.6 Å². The highest BCUT2D eigenvalue weighted by molar-refractivity contribution is 5.78. The van der Waals surface area contributed by atoms with Gasteiger partial charge in [0.25, 0.3) is 0 Å². The highest BCUT2D eigenvalue weighted by Crippen LogP contribution is 2.17. The third-order valence-corrected chi connectivity index (χ3v) is 4.13. The predicted molar refractivity (Wildman–Crippen MR) is 91.7 cm³/mol. The van der Waals surface area contributed by atoms with Gasteiger partial charge in [-0.3, -0.25) is 0 Å². The lowest BCUT2D eigenvalue weighted by atomic mass is 10.1. The number of guanidine groups is 1. The van der Waals surface area contributed by atoms with E-state index in [0.29, 0.717) is 25.2 Å². The Hall–Kier alpha value is -1.55. The van der Waals surface area contributed by atoms with Crippen molar-refractivity contribution >= 4 is 5.96 Å². The fourth-order valence-electron chi connectivity index (χ4n) is 2.82. The minimum atomic E-state index is 0.500. The van der Waals surface area contributed by atoms with E-state index in [1.807, 2.05) is 6.92 Å². The van der Waals surface area contributed by atoms with E-state index in [2.05, 4.69) is 34.6 Å². The third kappa shape index (κ3) is 6.06. The maximum absolute atomic E-state index is 6.02. The number of nitrogens with one attached hydrogen (secondary N) is 1. The van der Waals surface area contributed by atoms with Gasteiger partial charge in [-0.15, -0.1) is 0 Å². The number of hydrogen-bond acceptors (Lipinski definition) is 2. The summed E-state index contributed by atoms with van der Waals surface area (Å²) in [5.41, 5.74) is 8.38. The van der Waals surface area contributed by atoms with Crippen LogP contribution in [0.3, 0.4) is 0 Å². The van der Waals surface area contributed by atoms with Crippen molar-refractivity contribution < 1.29 is 4.74 Å². The van der Waals surface area contributed by atoms with Crippen molar-refractivity contribution in [1.29, 1.82) is 0 Å². The van der Waals surface area contributed by atoms with Crippen LogP contribution in [0, 0.1) is 0 Å². The molecule has 3 N–H and O–H groups in total. The first kappa shape index (κ1) is 16.8. The van der Waals surface area contributed by atoms with Gasteiger partial charge in [-0.1, -0.05) is 49.9 Å². The number of hydrogen-bond donors (Lipinski definition) is 2. The van der Waals surface area contributed by atoms with Crippen LogP contribution < -0.4 is 11.1 Å². The van der Waals surface area contributed by atoms with Crippen molar-refractivity contribution in [3.05, 3.63) is 35.4 Å². The summed E-state index contributed by atoms with van der Waals surface area (Å²) in [4.78, 5) is 4.46. The van der Waals surface area contributed by atoms with E-state index in [0.717, 1.165) is 6.61 Å². The summed E-state index contributed by atoms with van der Waals surface area (Å²) in [5.74, 6) is 0.574. The van der Waals surface area contributed by atoms with Crippen LogP contribution in [0.25, 0.3) is 0 Å². The Balaban J connectivity index is 1.79. The van der Waals surface area contributed by atoms with E-state index in [-0.39, 0.29) is 0 Å². The average Bonchev–Trinajstić information content (AvgIpc) is 2.80. The Morgan fingerprint density at radius 3 is 2.41 bits per heavy atom. The molecule has 2 rings (SSSR count). The summed E-state index contributed by atoms with van der Waals surface area (Å²) < 4.78 is 5.39. The molecular formula is C18H29N3O. The van der Waals surface area contributed by atoms with Crippen LogP contribution in [0.1, 0.15) is 56.6 Å². The summed E-state index contributed by atoms with van der Waals surface area (Å²) in [5, 5.41) is 3.38. The number of nitrogens with two attached hydrogens (primary N) is 1. The number of ether oxygens (including phenoxy) is 1. The Labute approximate surface area is 134 Å². The van der Waals surface area contributed by atoms with Crippen molar-refractivity contribution in [3.63, 3.8) is 0 Å². The lowest BCUT2D eigenvalue weighted by molar-refractivity contribution is 0.134. The SMILES string of the molecule is CCOCc1ccc(CN=C(N)NC2CCCCCC2)cc1. The number of aliphatic imine (C=N–C) groups is 1. The molecule has 1 aliphatic carbocycles. The maximum atomic E-state index is 6.02. The van der Waals surface area contributed by atoms with Crippen LogP contribution >= 0.6 is 0 Å². The van der Waals surface area contributed by atoms with Crippen molar-refractivity contribution in [2.45, 2.75) is 64.6 Å². The van der Waals surface area contributed by atoms with Crippen LogP contribution in [-0.2, 0) is 17.9 Å². The largest absolute Gasteiger partial charge is 0.377 e. The van der Waals surface area contributed by atoms with Gasteiger partial charge in [0.05, 0.1) is 13.2 Å². The second-order valence-electron chi connectivity index (χ2n) is 5.99. The summed E-state index contributed by atoms with van der Waals surface area (Å²) in [6.07, 6.45) is 7.72. The average molecular weight is 303 g/mol. The fraction of sp³-hybridized carbons (Fsp3) is 0.611. The molecule has 0 radical (unpaired) electrons. The molecule has 0 amide bonds. The molecule has 1 fully saturated rings. The molecule has 1 aromatic carbocycles. The molecule has 0 heterocycles. The molecule has 4 heteroatoms. The molecule has 0 aromatic heterocycles. The van der Waals surface area contributed by atoms with Gasteiger partial charge in [-0.2, -0.15) is 0 Å². The van der Waals surface area contributed by atoms with Gasteiger partial charge < -0.3 is 15.8 Å². The zero-order valence-corrected chi connectivity index (χ0v) is 13.7. The Bertz CT molecular complexity index is 448. The number of nitrogens with zero attached hydrogens (tertiary/aromatic N) is 1. The molecule has 0 atom stereocenters. The molecule has 0 unspecified atom stereocenters. The van der Waals surface area contributed by atoms with Crippen molar-refractivity contribution in [3.8, 4) is 0 Å². The molecule has 1 saturated carbocycles. The normalized spacial score (nSPS) is 17.2. The molecule has 0 aliphatic heterocycles. The lowest BCUT2D eigenvalue weighted by Crippen LogP contribution is -2.39. The molecular weight excluding hydrogens is 274 g/mol. The van der Waals surface area contributed by atoms with Crippen molar-refractivity contribution in [1.82, 2.24) is 5.32 Å². The molecule has 1 aromatic rings.